The molecule has 0 heterocycles. The van der Waals surface area contributed by atoms with E-state index < -0.39 is 0 Å². The molecule has 0 radical (unpaired) electrons. The van der Waals surface area contributed by atoms with E-state index in [0.717, 1.165) is 21.0 Å². The highest BCUT2D eigenvalue weighted by atomic mass is 79.9. The average Bonchev–Trinajstić information content (AvgIpc) is 2.39. The molecular formula is C16H10BrF. The molecule has 18 heavy (non-hydrogen) atoms. The van der Waals surface area contributed by atoms with Crippen LogP contribution in [0.1, 0.15) is 0 Å². The predicted octanol–water partition coefficient (Wildman–Crippen LogP) is 5.41. The molecule has 0 aliphatic rings. The Morgan fingerprint density at radius 3 is 2.17 bits per heavy atom. The number of benzene rings is 3. The largest absolute Gasteiger partial charge is 0.207 e. The van der Waals surface area contributed by atoms with Crippen molar-refractivity contribution in [2.24, 2.45) is 0 Å². The Kier molecular flexibility index (Phi) is 2.88. The molecule has 3 rings (SSSR count). The van der Waals surface area contributed by atoms with Crippen LogP contribution < -0.4 is 0 Å². The third kappa shape index (κ3) is 1.93. The smallest absolute Gasteiger partial charge is 0.123 e. The van der Waals surface area contributed by atoms with Crippen LogP contribution in [0.2, 0.25) is 0 Å². The zero-order valence-corrected chi connectivity index (χ0v) is 11.1. The monoisotopic (exact) mass is 300 g/mol. The first-order valence-electron chi connectivity index (χ1n) is 5.69. The summed E-state index contributed by atoms with van der Waals surface area (Å²) in [6, 6.07) is 18.9. The molecule has 0 spiro atoms. The fourth-order valence-electron chi connectivity index (χ4n) is 2.17. The third-order valence-corrected chi connectivity index (χ3v) is 3.67. The van der Waals surface area contributed by atoms with Gasteiger partial charge in [-0.2, -0.15) is 0 Å². The number of rotatable bonds is 1. The van der Waals surface area contributed by atoms with Crippen LogP contribution in [0, 0.1) is 5.82 Å². The lowest BCUT2D eigenvalue weighted by molar-refractivity contribution is 0.628. The minimum Gasteiger partial charge on any atom is -0.207 e. The Hall–Kier alpha value is -1.67. The van der Waals surface area contributed by atoms with E-state index >= 15 is 0 Å². The van der Waals surface area contributed by atoms with Gasteiger partial charge in [-0.05, 0) is 34.7 Å². The molecule has 0 aliphatic heterocycles. The second kappa shape index (κ2) is 4.54. The van der Waals surface area contributed by atoms with Gasteiger partial charge in [-0.15, -0.1) is 0 Å². The summed E-state index contributed by atoms with van der Waals surface area (Å²) in [7, 11) is 0. The summed E-state index contributed by atoms with van der Waals surface area (Å²) < 4.78 is 14.0. The lowest BCUT2D eigenvalue weighted by atomic mass is 9.98. The first-order chi connectivity index (χ1) is 8.75. The summed E-state index contributed by atoms with van der Waals surface area (Å²) in [5.41, 5.74) is 2.13. The van der Waals surface area contributed by atoms with Gasteiger partial charge in [0.15, 0.2) is 0 Å². The van der Waals surface area contributed by atoms with Gasteiger partial charge in [-0.3, -0.25) is 0 Å². The Bertz CT molecular complexity index is 697. The van der Waals surface area contributed by atoms with E-state index in [1.807, 2.05) is 30.3 Å². The predicted molar refractivity (Wildman–Crippen MR) is 77.0 cm³/mol. The van der Waals surface area contributed by atoms with Gasteiger partial charge < -0.3 is 0 Å². The van der Waals surface area contributed by atoms with Gasteiger partial charge in [-0.1, -0.05) is 58.4 Å². The van der Waals surface area contributed by atoms with Crippen molar-refractivity contribution < 1.29 is 4.39 Å². The van der Waals surface area contributed by atoms with E-state index in [1.165, 1.54) is 17.5 Å². The number of fused-ring (bicyclic) bond motifs is 1. The second-order valence-electron chi connectivity index (χ2n) is 4.15. The van der Waals surface area contributed by atoms with Crippen LogP contribution in [-0.2, 0) is 0 Å². The van der Waals surface area contributed by atoms with E-state index in [4.69, 9.17) is 0 Å². The third-order valence-electron chi connectivity index (χ3n) is 3.01. The highest BCUT2D eigenvalue weighted by Crippen LogP contribution is 2.33. The van der Waals surface area contributed by atoms with Crippen molar-refractivity contribution in [3.63, 3.8) is 0 Å². The van der Waals surface area contributed by atoms with Crippen LogP contribution in [0.15, 0.2) is 65.1 Å². The summed E-state index contributed by atoms with van der Waals surface area (Å²) in [4.78, 5) is 0. The molecule has 0 saturated carbocycles. The van der Waals surface area contributed by atoms with E-state index in [9.17, 15) is 4.39 Å². The topological polar surface area (TPSA) is 0 Å². The van der Waals surface area contributed by atoms with Gasteiger partial charge in [0, 0.05) is 9.86 Å². The van der Waals surface area contributed by atoms with E-state index in [-0.39, 0.29) is 5.82 Å². The van der Waals surface area contributed by atoms with Crippen molar-refractivity contribution in [1.82, 2.24) is 0 Å². The minimum absolute atomic E-state index is 0.210. The molecule has 0 atom stereocenters. The summed E-state index contributed by atoms with van der Waals surface area (Å²) in [5.74, 6) is -0.210. The van der Waals surface area contributed by atoms with Crippen molar-refractivity contribution in [3.8, 4) is 11.1 Å². The van der Waals surface area contributed by atoms with E-state index in [0.29, 0.717) is 0 Å². The standard InChI is InChI=1S/C16H10BrF/c17-15-6-2-4-12-3-1-5-14(16(12)15)11-7-9-13(18)10-8-11/h1-10H. The number of halogens is 2. The Morgan fingerprint density at radius 2 is 1.44 bits per heavy atom. The van der Waals surface area contributed by atoms with Gasteiger partial charge in [0.1, 0.15) is 5.82 Å². The van der Waals surface area contributed by atoms with Crippen molar-refractivity contribution in [1.29, 1.82) is 0 Å². The first kappa shape index (κ1) is 11.4. The SMILES string of the molecule is Fc1ccc(-c2cccc3cccc(Br)c23)cc1. The molecule has 88 valence electrons. The zero-order valence-electron chi connectivity index (χ0n) is 9.53. The van der Waals surface area contributed by atoms with Crippen LogP contribution in [0.25, 0.3) is 21.9 Å². The molecule has 2 heteroatoms. The summed E-state index contributed by atoms with van der Waals surface area (Å²) in [6.45, 7) is 0. The van der Waals surface area contributed by atoms with Crippen LogP contribution in [0.4, 0.5) is 4.39 Å². The fraction of sp³-hybridized carbons (Fsp3) is 0. The van der Waals surface area contributed by atoms with Crippen LogP contribution in [0.3, 0.4) is 0 Å². The number of hydrogen-bond donors (Lipinski definition) is 0. The van der Waals surface area contributed by atoms with Crippen molar-refractivity contribution in [2.45, 2.75) is 0 Å². The zero-order chi connectivity index (χ0) is 12.5. The molecule has 3 aromatic carbocycles. The van der Waals surface area contributed by atoms with Gasteiger partial charge in [-0.25, -0.2) is 4.39 Å². The highest BCUT2D eigenvalue weighted by Gasteiger charge is 2.06. The van der Waals surface area contributed by atoms with Crippen molar-refractivity contribution in [3.05, 3.63) is 71.0 Å². The molecular weight excluding hydrogens is 291 g/mol. The molecule has 3 aromatic rings. The second-order valence-corrected chi connectivity index (χ2v) is 5.00. The molecule has 0 N–H and O–H groups in total. The molecule has 0 unspecified atom stereocenters. The average molecular weight is 301 g/mol. The Labute approximate surface area is 113 Å². The Morgan fingerprint density at radius 1 is 0.778 bits per heavy atom. The number of hydrogen-bond acceptors (Lipinski definition) is 0. The summed E-state index contributed by atoms with van der Waals surface area (Å²) in [6.07, 6.45) is 0. The lowest BCUT2D eigenvalue weighted by Crippen LogP contribution is -1.83. The maximum Gasteiger partial charge on any atom is 0.123 e. The van der Waals surface area contributed by atoms with Gasteiger partial charge in [0.2, 0.25) is 0 Å². The molecule has 0 aliphatic carbocycles. The quantitative estimate of drug-likeness (QED) is 0.564. The van der Waals surface area contributed by atoms with Crippen molar-refractivity contribution >= 4 is 26.7 Å². The molecule has 0 bridgehead atoms. The van der Waals surface area contributed by atoms with Gasteiger partial charge in [0.25, 0.3) is 0 Å². The van der Waals surface area contributed by atoms with Crippen molar-refractivity contribution in [2.75, 3.05) is 0 Å². The van der Waals surface area contributed by atoms with Crippen LogP contribution >= 0.6 is 15.9 Å². The Balaban J connectivity index is 2.32. The molecule has 0 aromatic heterocycles. The normalized spacial score (nSPS) is 10.8. The van der Waals surface area contributed by atoms with Gasteiger partial charge in [0.05, 0.1) is 0 Å². The molecule has 0 fully saturated rings. The molecule has 0 nitrogen and oxygen atoms in total. The maximum absolute atomic E-state index is 13.0. The maximum atomic E-state index is 13.0. The lowest BCUT2D eigenvalue weighted by Gasteiger charge is -2.08. The van der Waals surface area contributed by atoms with Crippen LogP contribution in [-0.4, -0.2) is 0 Å². The fourth-order valence-corrected chi connectivity index (χ4v) is 2.76. The first-order valence-corrected chi connectivity index (χ1v) is 6.48. The van der Waals surface area contributed by atoms with Gasteiger partial charge >= 0.3 is 0 Å². The van der Waals surface area contributed by atoms with E-state index in [2.05, 4.69) is 34.1 Å². The molecule has 0 amide bonds. The minimum atomic E-state index is -0.210. The highest BCUT2D eigenvalue weighted by molar-refractivity contribution is 9.10. The molecule has 0 saturated heterocycles. The summed E-state index contributed by atoms with van der Waals surface area (Å²) in [5, 5.41) is 2.33. The summed E-state index contributed by atoms with van der Waals surface area (Å²) >= 11 is 3.59. The van der Waals surface area contributed by atoms with E-state index in [1.54, 1.807) is 0 Å². The van der Waals surface area contributed by atoms with Crippen LogP contribution in [0.5, 0.6) is 0 Å².